The quantitative estimate of drug-likeness (QED) is 0.782. The van der Waals surface area contributed by atoms with Crippen molar-refractivity contribution in [3.63, 3.8) is 0 Å². The Morgan fingerprint density at radius 1 is 1.31 bits per heavy atom. The van der Waals surface area contributed by atoms with Gasteiger partial charge in [0.05, 0.1) is 0 Å². The maximum absolute atomic E-state index is 13.1. The Balaban J connectivity index is 2.37. The number of carbonyl (C=O) groups is 1. The number of rotatable bonds is 2. The normalized spacial score (nSPS) is 20.8. The summed E-state index contributed by atoms with van der Waals surface area (Å²) in [7, 11) is 0. The molecule has 1 heterocycles. The van der Waals surface area contributed by atoms with E-state index in [1.165, 1.54) is 0 Å². The molecule has 86 valence electrons. The number of piperidine rings is 1. The number of hydrogen-bond acceptors (Lipinski definition) is 2. The molecule has 4 heteroatoms. The van der Waals surface area contributed by atoms with Crippen molar-refractivity contribution in [3.05, 3.63) is 34.9 Å². The van der Waals surface area contributed by atoms with E-state index in [4.69, 9.17) is 0 Å². The molecule has 16 heavy (non-hydrogen) atoms. The minimum absolute atomic E-state index is 0.101. The molecule has 2 rings (SSSR count). The lowest BCUT2D eigenvalue weighted by Gasteiger charge is -2.24. The summed E-state index contributed by atoms with van der Waals surface area (Å²) in [6, 6.07) is 2.13. The van der Waals surface area contributed by atoms with Gasteiger partial charge in [-0.2, -0.15) is 0 Å². The van der Waals surface area contributed by atoms with Crippen LogP contribution in [0.3, 0.4) is 0 Å². The van der Waals surface area contributed by atoms with Gasteiger partial charge in [0.2, 0.25) is 0 Å². The predicted octanol–water partition coefficient (Wildman–Crippen LogP) is 2.24. The van der Waals surface area contributed by atoms with Gasteiger partial charge >= 0.3 is 0 Å². The van der Waals surface area contributed by atoms with Gasteiger partial charge in [-0.3, -0.25) is 4.79 Å². The fourth-order valence-corrected chi connectivity index (χ4v) is 2.15. The van der Waals surface area contributed by atoms with E-state index in [1.807, 2.05) is 0 Å². The van der Waals surface area contributed by atoms with E-state index in [9.17, 15) is 13.6 Å². The highest BCUT2D eigenvalue weighted by molar-refractivity contribution is 5.77. The first-order valence-electron chi connectivity index (χ1n) is 5.37. The second-order valence-corrected chi connectivity index (χ2v) is 4.06. The molecule has 0 bridgehead atoms. The van der Waals surface area contributed by atoms with Gasteiger partial charge < -0.3 is 5.32 Å². The molecule has 1 aromatic carbocycles. The van der Waals surface area contributed by atoms with Crippen molar-refractivity contribution < 1.29 is 13.6 Å². The second kappa shape index (κ2) is 4.70. The Hall–Kier alpha value is -1.29. The van der Waals surface area contributed by atoms with Crippen molar-refractivity contribution in [2.24, 2.45) is 0 Å². The van der Waals surface area contributed by atoms with Gasteiger partial charge in [0.1, 0.15) is 6.29 Å². The molecule has 1 aliphatic rings. The average Bonchev–Trinajstić information content (AvgIpc) is 2.33. The van der Waals surface area contributed by atoms with Crippen molar-refractivity contribution in [2.75, 3.05) is 13.1 Å². The Bertz CT molecular complexity index is 400. The summed E-state index contributed by atoms with van der Waals surface area (Å²) in [5, 5.41) is 3.19. The van der Waals surface area contributed by atoms with E-state index >= 15 is 0 Å². The van der Waals surface area contributed by atoms with E-state index in [2.05, 4.69) is 5.32 Å². The zero-order valence-electron chi connectivity index (χ0n) is 8.80. The van der Waals surface area contributed by atoms with Crippen LogP contribution >= 0.6 is 0 Å². The number of benzene rings is 1. The van der Waals surface area contributed by atoms with Crippen LogP contribution in [0, 0.1) is 11.6 Å². The summed E-state index contributed by atoms with van der Waals surface area (Å²) in [4.78, 5) is 10.8. The monoisotopic (exact) mass is 225 g/mol. The molecule has 2 nitrogen and oxygen atoms in total. The molecule has 1 aromatic rings. The SMILES string of the molecule is O=Cc1cc(F)c(F)cc1C1CCCNC1. The third-order valence-corrected chi connectivity index (χ3v) is 2.99. The molecule has 0 saturated carbocycles. The molecule has 0 aliphatic carbocycles. The van der Waals surface area contributed by atoms with Gasteiger partial charge in [-0.05, 0) is 43.0 Å². The summed E-state index contributed by atoms with van der Waals surface area (Å²) >= 11 is 0. The first-order valence-corrected chi connectivity index (χ1v) is 5.37. The molecule has 0 aromatic heterocycles. The summed E-state index contributed by atoms with van der Waals surface area (Å²) in [6.07, 6.45) is 2.48. The van der Waals surface area contributed by atoms with Crippen LogP contribution in [0.1, 0.15) is 34.7 Å². The van der Waals surface area contributed by atoms with Gasteiger partial charge in [0.15, 0.2) is 11.6 Å². The largest absolute Gasteiger partial charge is 0.316 e. The molecule has 1 N–H and O–H groups in total. The Labute approximate surface area is 92.7 Å². The van der Waals surface area contributed by atoms with Crippen LogP contribution in [-0.4, -0.2) is 19.4 Å². The molecule has 1 saturated heterocycles. The van der Waals surface area contributed by atoms with E-state index in [1.54, 1.807) is 0 Å². The number of hydrogen-bond donors (Lipinski definition) is 1. The predicted molar refractivity (Wildman–Crippen MR) is 56.6 cm³/mol. The molecule has 0 radical (unpaired) electrons. The summed E-state index contributed by atoms with van der Waals surface area (Å²) in [6.45, 7) is 1.66. The minimum atomic E-state index is -0.963. The highest BCUT2D eigenvalue weighted by Gasteiger charge is 2.20. The number of nitrogens with one attached hydrogen (secondary N) is 1. The van der Waals surface area contributed by atoms with E-state index in [-0.39, 0.29) is 11.5 Å². The summed E-state index contributed by atoms with van der Waals surface area (Å²) in [5.41, 5.74) is 0.869. The van der Waals surface area contributed by atoms with Gasteiger partial charge in [0.25, 0.3) is 0 Å². The van der Waals surface area contributed by atoms with E-state index < -0.39 is 11.6 Å². The zero-order chi connectivity index (χ0) is 11.5. The maximum atomic E-state index is 13.1. The average molecular weight is 225 g/mol. The van der Waals surface area contributed by atoms with E-state index in [0.717, 1.165) is 31.5 Å². The molecule has 0 amide bonds. The summed E-state index contributed by atoms with van der Waals surface area (Å²) < 4.78 is 26.1. The van der Waals surface area contributed by atoms with Gasteiger partial charge in [-0.25, -0.2) is 8.78 Å². The van der Waals surface area contributed by atoms with Crippen LogP contribution in [0.2, 0.25) is 0 Å². The molecule has 1 aliphatic heterocycles. The zero-order valence-corrected chi connectivity index (χ0v) is 8.80. The standard InChI is InChI=1S/C12H13F2NO/c13-11-4-9(7-16)10(5-12(11)14)8-2-1-3-15-6-8/h4-5,7-8,15H,1-3,6H2. The third kappa shape index (κ3) is 2.11. The fraction of sp³-hybridized carbons (Fsp3) is 0.417. The van der Waals surface area contributed by atoms with Crippen molar-refractivity contribution in [3.8, 4) is 0 Å². The van der Waals surface area contributed by atoms with Crippen LogP contribution in [0.4, 0.5) is 8.78 Å². The molecule has 1 fully saturated rings. The fourth-order valence-electron chi connectivity index (χ4n) is 2.15. The Kier molecular flexibility index (Phi) is 3.29. The van der Waals surface area contributed by atoms with Crippen molar-refractivity contribution in [1.29, 1.82) is 0 Å². The molecule has 0 spiro atoms. The number of halogens is 2. The van der Waals surface area contributed by atoms with Gasteiger partial charge in [-0.1, -0.05) is 0 Å². The number of aldehydes is 1. The Morgan fingerprint density at radius 3 is 2.69 bits per heavy atom. The minimum Gasteiger partial charge on any atom is -0.316 e. The smallest absolute Gasteiger partial charge is 0.159 e. The first kappa shape index (κ1) is 11.2. The molecule has 1 atom stereocenters. The second-order valence-electron chi connectivity index (χ2n) is 4.06. The van der Waals surface area contributed by atoms with Crippen molar-refractivity contribution in [2.45, 2.75) is 18.8 Å². The third-order valence-electron chi connectivity index (χ3n) is 2.99. The van der Waals surface area contributed by atoms with Crippen LogP contribution in [0.25, 0.3) is 0 Å². The van der Waals surface area contributed by atoms with Crippen molar-refractivity contribution >= 4 is 6.29 Å². The van der Waals surface area contributed by atoms with E-state index in [0.29, 0.717) is 18.4 Å². The van der Waals surface area contributed by atoms with Gasteiger partial charge in [-0.15, -0.1) is 0 Å². The Morgan fingerprint density at radius 2 is 2.06 bits per heavy atom. The lowest BCUT2D eigenvalue weighted by molar-refractivity contribution is 0.112. The van der Waals surface area contributed by atoms with Crippen LogP contribution in [0.15, 0.2) is 12.1 Å². The summed E-state index contributed by atoms with van der Waals surface area (Å²) in [5.74, 6) is -1.75. The topological polar surface area (TPSA) is 29.1 Å². The van der Waals surface area contributed by atoms with Gasteiger partial charge in [0, 0.05) is 12.1 Å². The lowest BCUT2D eigenvalue weighted by Crippen LogP contribution is -2.29. The number of carbonyl (C=O) groups excluding carboxylic acids is 1. The first-order chi connectivity index (χ1) is 7.72. The highest BCUT2D eigenvalue weighted by Crippen LogP contribution is 2.27. The maximum Gasteiger partial charge on any atom is 0.159 e. The highest BCUT2D eigenvalue weighted by atomic mass is 19.2. The van der Waals surface area contributed by atoms with Crippen LogP contribution in [0.5, 0.6) is 0 Å². The molecule has 1 unspecified atom stereocenters. The lowest BCUT2D eigenvalue weighted by atomic mass is 9.88. The van der Waals surface area contributed by atoms with Crippen LogP contribution < -0.4 is 5.32 Å². The van der Waals surface area contributed by atoms with Crippen LogP contribution in [-0.2, 0) is 0 Å². The van der Waals surface area contributed by atoms with Crippen molar-refractivity contribution in [1.82, 2.24) is 5.32 Å². The molecular formula is C12H13F2NO. The molecular weight excluding hydrogens is 212 g/mol.